The molecular formula is C16H12N4S. The molecule has 0 bridgehead atoms. The smallest absolute Gasteiger partial charge is 0.143 e. The summed E-state index contributed by atoms with van der Waals surface area (Å²) in [5.41, 5.74) is 5.29. The highest BCUT2D eigenvalue weighted by molar-refractivity contribution is 7.18. The van der Waals surface area contributed by atoms with E-state index < -0.39 is 0 Å². The van der Waals surface area contributed by atoms with Crippen molar-refractivity contribution in [2.24, 2.45) is 0 Å². The predicted molar refractivity (Wildman–Crippen MR) is 85.2 cm³/mol. The molecule has 4 rings (SSSR count). The Morgan fingerprint density at radius 2 is 1.95 bits per heavy atom. The molecule has 102 valence electrons. The maximum Gasteiger partial charge on any atom is 0.143 e. The van der Waals surface area contributed by atoms with Crippen molar-refractivity contribution in [1.82, 2.24) is 20.2 Å². The van der Waals surface area contributed by atoms with Gasteiger partial charge in [-0.1, -0.05) is 29.5 Å². The van der Waals surface area contributed by atoms with E-state index in [1.54, 1.807) is 17.5 Å². The Balaban J connectivity index is 1.82. The molecule has 1 aromatic carbocycles. The Bertz CT molecular complexity index is 909. The Hall–Kier alpha value is -2.53. The van der Waals surface area contributed by atoms with Crippen LogP contribution < -0.4 is 0 Å². The summed E-state index contributed by atoms with van der Waals surface area (Å²) in [6.07, 6.45) is 3.67. The highest BCUT2D eigenvalue weighted by Gasteiger charge is 2.06. The highest BCUT2D eigenvalue weighted by Crippen LogP contribution is 2.28. The number of aryl methyl sites for hydroxylation is 1. The van der Waals surface area contributed by atoms with Crippen LogP contribution in [-0.4, -0.2) is 20.2 Å². The quantitative estimate of drug-likeness (QED) is 0.606. The zero-order chi connectivity index (χ0) is 14.2. The number of pyridine rings is 1. The molecule has 3 aromatic heterocycles. The maximum atomic E-state index is 4.51. The third-order valence-corrected chi connectivity index (χ3v) is 4.26. The van der Waals surface area contributed by atoms with Crippen LogP contribution in [0.1, 0.15) is 5.01 Å². The summed E-state index contributed by atoms with van der Waals surface area (Å²) in [7, 11) is 0. The van der Waals surface area contributed by atoms with E-state index in [9.17, 15) is 0 Å². The molecule has 0 spiro atoms. The van der Waals surface area contributed by atoms with Gasteiger partial charge in [0.05, 0.1) is 10.7 Å². The van der Waals surface area contributed by atoms with Gasteiger partial charge in [0.1, 0.15) is 10.3 Å². The van der Waals surface area contributed by atoms with Gasteiger partial charge in [0.15, 0.2) is 0 Å². The van der Waals surface area contributed by atoms with E-state index in [1.165, 1.54) is 0 Å². The molecule has 0 aliphatic carbocycles. The van der Waals surface area contributed by atoms with E-state index >= 15 is 0 Å². The largest absolute Gasteiger partial charge is 0.278 e. The molecule has 21 heavy (non-hydrogen) atoms. The van der Waals surface area contributed by atoms with E-state index in [-0.39, 0.29) is 0 Å². The lowest BCUT2D eigenvalue weighted by atomic mass is 10.0. The van der Waals surface area contributed by atoms with Crippen molar-refractivity contribution in [3.63, 3.8) is 0 Å². The molecule has 0 atom stereocenters. The van der Waals surface area contributed by atoms with Gasteiger partial charge in [-0.05, 0) is 30.7 Å². The summed E-state index contributed by atoms with van der Waals surface area (Å²) < 4.78 is 0. The van der Waals surface area contributed by atoms with Crippen LogP contribution in [0.3, 0.4) is 0 Å². The first-order valence-electron chi connectivity index (χ1n) is 6.63. The van der Waals surface area contributed by atoms with Gasteiger partial charge in [-0.25, -0.2) is 9.97 Å². The minimum atomic E-state index is 0.960. The van der Waals surface area contributed by atoms with Crippen molar-refractivity contribution in [2.75, 3.05) is 0 Å². The summed E-state index contributed by atoms with van der Waals surface area (Å²) in [6, 6.07) is 12.4. The fourth-order valence-corrected chi connectivity index (χ4v) is 3.11. The number of aromatic amines is 1. The van der Waals surface area contributed by atoms with Crippen LogP contribution in [0.25, 0.3) is 32.7 Å². The van der Waals surface area contributed by atoms with Gasteiger partial charge < -0.3 is 0 Å². The number of aromatic nitrogens is 4. The van der Waals surface area contributed by atoms with Crippen molar-refractivity contribution in [3.8, 4) is 22.4 Å². The molecule has 0 radical (unpaired) electrons. The van der Waals surface area contributed by atoms with Crippen molar-refractivity contribution in [3.05, 3.63) is 53.8 Å². The van der Waals surface area contributed by atoms with Crippen LogP contribution >= 0.6 is 11.3 Å². The summed E-state index contributed by atoms with van der Waals surface area (Å²) in [5, 5.41) is 8.03. The second kappa shape index (κ2) is 4.79. The number of benzene rings is 1. The fraction of sp³-hybridized carbons (Fsp3) is 0.0625. The lowest BCUT2D eigenvalue weighted by Crippen LogP contribution is -1.83. The van der Waals surface area contributed by atoms with E-state index in [2.05, 4.69) is 44.4 Å². The van der Waals surface area contributed by atoms with Crippen LogP contribution in [-0.2, 0) is 0 Å². The minimum Gasteiger partial charge on any atom is -0.278 e. The van der Waals surface area contributed by atoms with Gasteiger partial charge >= 0.3 is 0 Å². The van der Waals surface area contributed by atoms with Gasteiger partial charge in [-0.15, -0.1) is 0 Å². The number of nitrogens with zero attached hydrogens (tertiary/aromatic N) is 3. The van der Waals surface area contributed by atoms with E-state index in [4.69, 9.17) is 0 Å². The van der Waals surface area contributed by atoms with Gasteiger partial charge in [-0.3, -0.25) is 5.10 Å². The first kappa shape index (κ1) is 12.2. The molecule has 0 aliphatic heterocycles. The van der Waals surface area contributed by atoms with Crippen molar-refractivity contribution in [1.29, 1.82) is 0 Å². The van der Waals surface area contributed by atoms with Crippen LogP contribution in [0.15, 0.2) is 48.8 Å². The number of rotatable bonds is 2. The molecule has 0 saturated heterocycles. The van der Waals surface area contributed by atoms with E-state index in [0.29, 0.717) is 0 Å². The average Bonchev–Trinajstić information content (AvgIpc) is 3.15. The number of hydrogen-bond acceptors (Lipinski definition) is 4. The molecule has 0 amide bonds. The minimum absolute atomic E-state index is 0.960. The fourth-order valence-electron chi connectivity index (χ4n) is 2.37. The number of hydrogen-bond donors (Lipinski definition) is 1. The summed E-state index contributed by atoms with van der Waals surface area (Å²) in [6.45, 7) is 2.00. The van der Waals surface area contributed by atoms with Crippen LogP contribution in [0.4, 0.5) is 0 Å². The normalized spacial score (nSPS) is 11.1. The number of H-pyrrole nitrogens is 1. The topological polar surface area (TPSA) is 54.5 Å². The van der Waals surface area contributed by atoms with Gasteiger partial charge in [0.2, 0.25) is 0 Å². The summed E-state index contributed by atoms with van der Waals surface area (Å²) in [5.74, 6) is 0. The van der Waals surface area contributed by atoms with Gasteiger partial charge in [0, 0.05) is 23.5 Å². The SMILES string of the molecule is Cc1nc2cc(-c3cccc(-c4ccn[nH]4)c3)cnc2s1. The average molecular weight is 292 g/mol. The Kier molecular flexibility index (Phi) is 2.79. The van der Waals surface area contributed by atoms with Crippen LogP contribution in [0.2, 0.25) is 0 Å². The molecule has 4 nitrogen and oxygen atoms in total. The highest BCUT2D eigenvalue weighted by atomic mass is 32.1. The monoisotopic (exact) mass is 292 g/mol. The Labute approximate surface area is 125 Å². The van der Waals surface area contributed by atoms with Crippen LogP contribution in [0.5, 0.6) is 0 Å². The third kappa shape index (κ3) is 2.21. The molecule has 0 saturated carbocycles. The lowest BCUT2D eigenvalue weighted by molar-refractivity contribution is 1.10. The molecule has 1 N–H and O–H groups in total. The predicted octanol–water partition coefficient (Wildman–Crippen LogP) is 4.06. The standard InChI is InChI=1S/C16H12N4S/c1-10-19-15-8-13(9-17-16(15)21-10)11-3-2-4-12(7-11)14-5-6-18-20-14/h2-9H,1H3,(H,18,20). The first-order chi connectivity index (χ1) is 10.3. The second-order valence-electron chi connectivity index (χ2n) is 4.83. The summed E-state index contributed by atoms with van der Waals surface area (Å²) in [4.78, 5) is 10.0. The van der Waals surface area contributed by atoms with Crippen molar-refractivity contribution in [2.45, 2.75) is 6.92 Å². The number of nitrogens with one attached hydrogen (secondary N) is 1. The van der Waals surface area contributed by atoms with Crippen molar-refractivity contribution < 1.29 is 0 Å². The zero-order valence-electron chi connectivity index (χ0n) is 11.4. The van der Waals surface area contributed by atoms with Crippen LogP contribution in [0, 0.1) is 6.92 Å². The molecule has 5 heteroatoms. The van der Waals surface area contributed by atoms with Crippen molar-refractivity contribution >= 4 is 21.7 Å². The number of fused-ring (bicyclic) bond motifs is 1. The molecule has 3 heterocycles. The number of thiazole rings is 1. The Morgan fingerprint density at radius 1 is 1.05 bits per heavy atom. The molecule has 0 aliphatic rings. The first-order valence-corrected chi connectivity index (χ1v) is 7.44. The molecule has 4 aromatic rings. The summed E-state index contributed by atoms with van der Waals surface area (Å²) >= 11 is 1.62. The molecule has 0 unspecified atom stereocenters. The maximum absolute atomic E-state index is 4.51. The second-order valence-corrected chi connectivity index (χ2v) is 6.01. The Morgan fingerprint density at radius 3 is 2.81 bits per heavy atom. The van der Waals surface area contributed by atoms with Gasteiger partial charge in [0.25, 0.3) is 0 Å². The third-order valence-electron chi connectivity index (χ3n) is 3.36. The molecule has 0 fully saturated rings. The zero-order valence-corrected chi connectivity index (χ0v) is 12.2. The van der Waals surface area contributed by atoms with E-state index in [0.717, 1.165) is 37.7 Å². The molecular weight excluding hydrogens is 280 g/mol. The van der Waals surface area contributed by atoms with E-state index in [1.807, 2.05) is 25.3 Å². The van der Waals surface area contributed by atoms with Gasteiger partial charge in [-0.2, -0.15) is 5.10 Å². The lowest BCUT2D eigenvalue weighted by Gasteiger charge is -2.04.